The van der Waals surface area contributed by atoms with E-state index in [-0.39, 0.29) is 11.4 Å². The van der Waals surface area contributed by atoms with Gasteiger partial charge in [-0.15, -0.1) is 0 Å². The molecule has 0 bridgehead atoms. The number of hydrogen-bond donors (Lipinski definition) is 1. The Morgan fingerprint density at radius 3 is 2.83 bits per heavy atom. The monoisotopic (exact) mass is 330 g/mol. The van der Waals surface area contributed by atoms with Crippen molar-refractivity contribution in [2.45, 2.75) is 18.9 Å². The molecule has 2 aromatic rings. The minimum absolute atomic E-state index is 0.0821. The van der Waals surface area contributed by atoms with E-state index in [1.54, 1.807) is 6.07 Å². The van der Waals surface area contributed by atoms with E-state index in [1.165, 1.54) is 40.0 Å². The van der Waals surface area contributed by atoms with E-state index in [9.17, 15) is 19.7 Å². The molecule has 1 aliphatic heterocycles. The summed E-state index contributed by atoms with van der Waals surface area (Å²) < 4.78 is 1.35. The summed E-state index contributed by atoms with van der Waals surface area (Å²) in [5, 5.41) is 24.1. The molecule has 9 nitrogen and oxygen atoms in total. The van der Waals surface area contributed by atoms with E-state index in [0.29, 0.717) is 25.1 Å². The van der Waals surface area contributed by atoms with Crippen LogP contribution in [0.25, 0.3) is 5.69 Å². The van der Waals surface area contributed by atoms with Crippen molar-refractivity contribution in [3.63, 3.8) is 0 Å². The maximum absolute atomic E-state index is 12.5. The average Bonchev–Trinajstić information content (AvgIpc) is 3.23. The number of carboxylic acid groups (broad SMARTS) is 1. The molecule has 0 aliphatic carbocycles. The molecule has 1 aliphatic rings. The number of rotatable bonds is 4. The molecule has 0 spiro atoms. The molecule has 1 N–H and O–H groups in total. The van der Waals surface area contributed by atoms with Crippen LogP contribution < -0.4 is 0 Å². The third-order valence-electron chi connectivity index (χ3n) is 3.91. The number of aliphatic carboxylic acids is 1. The van der Waals surface area contributed by atoms with Gasteiger partial charge in [-0.1, -0.05) is 6.07 Å². The quantitative estimate of drug-likeness (QED) is 0.670. The zero-order valence-corrected chi connectivity index (χ0v) is 12.5. The minimum atomic E-state index is -1.03. The zero-order chi connectivity index (χ0) is 17.3. The predicted molar refractivity (Wildman–Crippen MR) is 81.9 cm³/mol. The second-order valence-electron chi connectivity index (χ2n) is 5.42. The van der Waals surface area contributed by atoms with Gasteiger partial charge < -0.3 is 10.0 Å². The minimum Gasteiger partial charge on any atom is -0.480 e. The molecule has 1 atom stereocenters. The van der Waals surface area contributed by atoms with Crippen LogP contribution in [0.3, 0.4) is 0 Å². The highest BCUT2D eigenvalue weighted by Crippen LogP contribution is 2.21. The molecule has 0 unspecified atom stereocenters. The standard InChI is InChI=1S/C15H14N4O5/c20-14(17-7-2-5-13(17)15(21)22)12-6-8-18(16-12)10-3-1-4-11(9-10)19(23)24/h1,3-4,6,8-9,13H,2,5,7H2,(H,21,22)/t13-/m1/s1. The number of likely N-dealkylation sites (tertiary alicyclic amines) is 1. The van der Waals surface area contributed by atoms with E-state index in [1.807, 2.05) is 0 Å². The smallest absolute Gasteiger partial charge is 0.326 e. The molecule has 2 heterocycles. The molecule has 1 fully saturated rings. The predicted octanol–water partition coefficient (Wildman–Crippen LogP) is 1.47. The van der Waals surface area contributed by atoms with E-state index in [4.69, 9.17) is 5.11 Å². The lowest BCUT2D eigenvalue weighted by Crippen LogP contribution is -2.40. The van der Waals surface area contributed by atoms with Crippen molar-refractivity contribution in [1.82, 2.24) is 14.7 Å². The fraction of sp³-hybridized carbons (Fsp3) is 0.267. The Balaban J connectivity index is 1.85. The number of non-ortho nitro benzene ring substituents is 1. The summed E-state index contributed by atoms with van der Waals surface area (Å²) >= 11 is 0. The number of carboxylic acids is 1. The highest BCUT2D eigenvalue weighted by Gasteiger charge is 2.35. The summed E-state index contributed by atoms with van der Waals surface area (Å²) in [6, 6.07) is 6.50. The largest absolute Gasteiger partial charge is 0.480 e. The first-order chi connectivity index (χ1) is 11.5. The summed E-state index contributed by atoms with van der Waals surface area (Å²) in [7, 11) is 0. The molecule has 1 saturated heterocycles. The summed E-state index contributed by atoms with van der Waals surface area (Å²) in [5.41, 5.74) is 0.468. The lowest BCUT2D eigenvalue weighted by atomic mass is 10.2. The third-order valence-corrected chi connectivity index (χ3v) is 3.91. The van der Waals surface area contributed by atoms with Crippen LogP contribution in [0.4, 0.5) is 5.69 Å². The van der Waals surface area contributed by atoms with Crippen LogP contribution in [-0.4, -0.2) is 49.2 Å². The summed E-state index contributed by atoms with van der Waals surface area (Å²) in [4.78, 5) is 35.3. The van der Waals surface area contributed by atoms with Crippen LogP contribution in [-0.2, 0) is 4.79 Å². The number of hydrogen-bond acceptors (Lipinski definition) is 5. The van der Waals surface area contributed by atoms with Gasteiger partial charge in [0.2, 0.25) is 0 Å². The summed E-state index contributed by atoms with van der Waals surface area (Å²) in [6.07, 6.45) is 2.57. The second kappa shape index (κ2) is 6.11. The van der Waals surface area contributed by atoms with Gasteiger partial charge in [0.15, 0.2) is 5.69 Å². The molecule has 0 radical (unpaired) electrons. The van der Waals surface area contributed by atoms with Gasteiger partial charge >= 0.3 is 5.97 Å². The van der Waals surface area contributed by atoms with E-state index < -0.39 is 22.8 Å². The van der Waals surface area contributed by atoms with Gasteiger partial charge in [0.1, 0.15) is 6.04 Å². The van der Waals surface area contributed by atoms with Crippen LogP contribution >= 0.6 is 0 Å². The maximum Gasteiger partial charge on any atom is 0.326 e. The average molecular weight is 330 g/mol. The number of amides is 1. The SMILES string of the molecule is O=C(O)[C@H]1CCCN1C(=O)c1ccn(-c2cccc([N+](=O)[O-])c2)n1. The molecule has 24 heavy (non-hydrogen) atoms. The van der Waals surface area contributed by atoms with Crippen molar-refractivity contribution in [1.29, 1.82) is 0 Å². The van der Waals surface area contributed by atoms with E-state index >= 15 is 0 Å². The van der Waals surface area contributed by atoms with Crippen molar-refractivity contribution in [2.24, 2.45) is 0 Å². The molecule has 1 amide bonds. The number of carbonyl (C=O) groups is 2. The molecule has 0 saturated carbocycles. The summed E-state index contributed by atoms with van der Waals surface area (Å²) in [5.74, 6) is -1.48. The second-order valence-corrected chi connectivity index (χ2v) is 5.42. The molecule has 9 heteroatoms. The molecular weight excluding hydrogens is 316 g/mol. The number of carbonyl (C=O) groups excluding carboxylic acids is 1. The summed E-state index contributed by atoms with van der Waals surface area (Å²) in [6.45, 7) is 0.374. The Labute approximate surface area is 136 Å². The first kappa shape index (κ1) is 15.7. The Bertz CT molecular complexity index is 816. The van der Waals surface area contributed by atoms with Gasteiger partial charge in [0.05, 0.1) is 10.6 Å². The molecular formula is C15H14N4O5. The van der Waals surface area contributed by atoms with Gasteiger partial charge in [0.25, 0.3) is 11.6 Å². The lowest BCUT2D eigenvalue weighted by molar-refractivity contribution is -0.384. The highest BCUT2D eigenvalue weighted by molar-refractivity contribution is 5.95. The van der Waals surface area contributed by atoms with Crippen LogP contribution in [0.1, 0.15) is 23.3 Å². The molecule has 3 rings (SSSR count). The fourth-order valence-electron chi connectivity index (χ4n) is 2.74. The number of nitro benzene ring substituents is 1. The number of nitro groups is 1. The van der Waals surface area contributed by atoms with E-state index in [0.717, 1.165) is 0 Å². The first-order valence-electron chi connectivity index (χ1n) is 7.31. The molecule has 1 aromatic carbocycles. The Morgan fingerprint density at radius 1 is 1.33 bits per heavy atom. The highest BCUT2D eigenvalue weighted by atomic mass is 16.6. The number of aromatic nitrogens is 2. The van der Waals surface area contributed by atoms with Crippen LogP contribution in [0.2, 0.25) is 0 Å². The van der Waals surface area contributed by atoms with Crippen molar-refractivity contribution in [2.75, 3.05) is 6.54 Å². The lowest BCUT2D eigenvalue weighted by Gasteiger charge is -2.20. The Morgan fingerprint density at radius 2 is 2.12 bits per heavy atom. The number of benzene rings is 1. The zero-order valence-electron chi connectivity index (χ0n) is 12.5. The third kappa shape index (κ3) is 2.83. The van der Waals surface area contributed by atoms with Crippen molar-refractivity contribution < 1.29 is 19.6 Å². The van der Waals surface area contributed by atoms with Gasteiger partial charge in [-0.2, -0.15) is 5.10 Å². The normalized spacial score (nSPS) is 17.0. The van der Waals surface area contributed by atoms with Crippen molar-refractivity contribution in [3.8, 4) is 5.69 Å². The van der Waals surface area contributed by atoms with Gasteiger partial charge in [-0.25, -0.2) is 9.48 Å². The fourth-order valence-corrected chi connectivity index (χ4v) is 2.74. The molecule has 124 valence electrons. The topological polar surface area (TPSA) is 119 Å². The Hall–Kier alpha value is -3.23. The number of nitrogens with zero attached hydrogens (tertiary/aromatic N) is 4. The molecule has 1 aromatic heterocycles. The first-order valence-corrected chi connectivity index (χ1v) is 7.31. The maximum atomic E-state index is 12.5. The van der Waals surface area contributed by atoms with Crippen molar-refractivity contribution in [3.05, 3.63) is 52.3 Å². The van der Waals surface area contributed by atoms with Crippen LogP contribution in [0, 0.1) is 10.1 Å². The van der Waals surface area contributed by atoms with Gasteiger partial charge in [-0.05, 0) is 25.0 Å². The van der Waals surface area contributed by atoms with Crippen molar-refractivity contribution >= 4 is 17.6 Å². The van der Waals surface area contributed by atoms with Crippen LogP contribution in [0.5, 0.6) is 0 Å². The van der Waals surface area contributed by atoms with Gasteiger partial charge in [0, 0.05) is 24.9 Å². The van der Waals surface area contributed by atoms with E-state index in [2.05, 4.69) is 5.10 Å². The Kier molecular flexibility index (Phi) is 3.98. The van der Waals surface area contributed by atoms with Crippen LogP contribution in [0.15, 0.2) is 36.5 Å². The van der Waals surface area contributed by atoms with Gasteiger partial charge in [-0.3, -0.25) is 14.9 Å².